The van der Waals surface area contributed by atoms with Crippen LogP contribution in [0.4, 0.5) is 0 Å². The van der Waals surface area contributed by atoms with Gasteiger partial charge in [-0.15, -0.1) is 9.95 Å². The van der Waals surface area contributed by atoms with Gasteiger partial charge < -0.3 is 19.4 Å². The van der Waals surface area contributed by atoms with Crippen LogP contribution in [-0.4, -0.2) is 38.4 Å². The number of hydrogen-bond donors (Lipinski definition) is 2. The molecule has 0 spiro atoms. The molecule has 1 rings (SSSR count). The first-order valence-electron chi connectivity index (χ1n) is 5.22. The molecule has 0 radical (unpaired) electrons. The Bertz CT molecular complexity index is 484. The highest BCUT2D eigenvalue weighted by molar-refractivity contribution is 5.88. The van der Waals surface area contributed by atoms with Crippen LogP contribution in [0.15, 0.2) is 17.2 Å². The van der Waals surface area contributed by atoms with Crippen molar-refractivity contribution in [2.75, 3.05) is 21.3 Å². The summed E-state index contributed by atoms with van der Waals surface area (Å²) in [5, 5.41) is 14.7. The van der Waals surface area contributed by atoms with Gasteiger partial charge in [-0.2, -0.15) is 0 Å². The number of guanidine groups is 1. The quantitative estimate of drug-likeness (QED) is 0.251. The van der Waals surface area contributed by atoms with E-state index in [-0.39, 0.29) is 4.85 Å². The van der Waals surface area contributed by atoms with Gasteiger partial charge in [-0.25, -0.2) is 0 Å². The van der Waals surface area contributed by atoms with Gasteiger partial charge in [0.15, 0.2) is 0 Å². The molecule has 0 aromatic heterocycles. The molecule has 1 aromatic carbocycles. The summed E-state index contributed by atoms with van der Waals surface area (Å²) in [5.74, 6) is 0.949. The fourth-order valence-electron chi connectivity index (χ4n) is 1.34. The fraction of sp³-hybridized carbons (Fsp3) is 0.273. The van der Waals surface area contributed by atoms with Crippen molar-refractivity contribution in [3.63, 3.8) is 0 Å². The summed E-state index contributed by atoms with van der Waals surface area (Å²) in [4.78, 5) is 0.0864. The highest BCUT2D eigenvalue weighted by atomic mass is 16.5. The summed E-state index contributed by atoms with van der Waals surface area (Å²) in [6, 6.07) is 3.27. The van der Waals surface area contributed by atoms with Gasteiger partial charge in [0.25, 0.3) is 0 Å². The summed E-state index contributed by atoms with van der Waals surface area (Å²) in [6.45, 7) is 0. The Morgan fingerprint density at radius 2 is 1.68 bits per heavy atom. The van der Waals surface area contributed by atoms with Crippen molar-refractivity contribution in [2.24, 2.45) is 16.6 Å². The van der Waals surface area contributed by atoms with Crippen molar-refractivity contribution in [1.82, 2.24) is 0 Å². The molecule has 0 saturated heterocycles. The number of nitrogens with two attached hydrogens (primary N) is 2. The second kappa shape index (κ2) is 6.34. The predicted octanol–water partition coefficient (Wildman–Crippen LogP) is -0.170. The molecule has 0 amide bonds. The Morgan fingerprint density at radius 3 is 2.05 bits per heavy atom. The second-order valence-electron chi connectivity index (χ2n) is 3.39. The summed E-state index contributed by atoms with van der Waals surface area (Å²) in [6.07, 6.45) is 1.24. The SMILES string of the molecule is COc1cc(OC)c(/C=N/[N+]([O-])=C(N)N)c(OC)c1. The van der Waals surface area contributed by atoms with E-state index in [2.05, 4.69) is 5.10 Å². The average Bonchev–Trinajstić information content (AvgIpc) is 2.43. The molecule has 19 heavy (non-hydrogen) atoms. The fourth-order valence-corrected chi connectivity index (χ4v) is 1.34. The number of ether oxygens (including phenoxy) is 3. The van der Waals surface area contributed by atoms with Gasteiger partial charge in [0.05, 0.1) is 33.1 Å². The molecule has 0 bridgehead atoms. The molecule has 0 fully saturated rings. The van der Waals surface area contributed by atoms with Crippen LogP contribution in [0.2, 0.25) is 0 Å². The summed E-state index contributed by atoms with van der Waals surface area (Å²) >= 11 is 0. The van der Waals surface area contributed by atoms with Crippen LogP contribution in [0.5, 0.6) is 17.2 Å². The minimum absolute atomic E-state index is 0.0864. The van der Waals surface area contributed by atoms with Crippen LogP contribution in [0.3, 0.4) is 0 Å². The third kappa shape index (κ3) is 3.41. The molecule has 0 aliphatic heterocycles. The Morgan fingerprint density at radius 1 is 1.16 bits per heavy atom. The van der Waals surface area contributed by atoms with Gasteiger partial charge in [-0.3, -0.25) is 11.5 Å². The van der Waals surface area contributed by atoms with Gasteiger partial charge in [0.2, 0.25) is 0 Å². The van der Waals surface area contributed by atoms with Gasteiger partial charge in [-0.1, -0.05) is 0 Å². The van der Waals surface area contributed by atoms with E-state index in [4.69, 9.17) is 25.7 Å². The van der Waals surface area contributed by atoms with E-state index < -0.39 is 5.96 Å². The van der Waals surface area contributed by atoms with Crippen LogP contribution < -0.4 is 25.7 Å². The number of hydrazone groups is 1. The van der Waals surface area contributed by atoms with Gasteiger partial charge in [0, 0.05) is 12.1 Å². The van der Waals surface area contributed by atoms with Crippen LogP contribution in [0, 0.1) is 5.21 Å². The van der Waals surface area contributed by atoms with Crippen molar-refractivity contribution in [3.8, 4) is 17.2 Å². The molecule has 0 aliphatic carbocycles. The molecular formula is C11H16N4O4. The molecule has 8 heteroatoms. The zero-order valence-electron chi connectivity index (χ0n) is 10.9. The lowest BCUT2D eigenvalue weighted by Gasteiger charge is -2.12. The average molecular weight is 268 g/mol. The highest BCUT2D eigenvalue weighted by Gasteiger charge is 2.11. The first kappa shape index (κ1) is 14.4. The maximum atomic E-state index is 11.2. The number of rotatable bonds is 5. The maximum absolute atomic E-state index is 11.2. The minimum atomic E-state index is -0.470. The Balaban J connectivity index is 3.29. The van der Waals surface area contributed by atoms with Crippen molar-refractivity contribution in [2.45, 2.75) is 0 Å². The van der Waals surface area contributed by atoms with Crippen LogP contribution in [0.1, 0.15) is 5.56 Å². The standard InChI is InChI=1S/C11H16N4O4/c1-17-7-4-9(18-2)8(10(5-7)19-3)6-14-15(16)11(12)13/h4-6H,12-13H2,1-3H3/b14-6+. The first-order valence-corrected chi connectivity index (χ1v) is 5.22. The number of benzene rings is 1. The molecule has 1 aromatic rings. The molecule has 8 nitrogen and oxygen atoms in total. The lowest BCUT2D eigenvalue weighted by Crippen LogP contribution is -2.30. The molecule has 0 aliphatic rings. The summed E-state index contributed by atoms with van der Waals surface area (Å²) < 4.78 is 15.5. The Hall–Kier alpha value is -2.64. The number of hydrogen-bond acceptors (Lipinski definition) is 5. The topological polar surface area (TPSA) is 118 Å². The lowest BCUT2D eigenvalue weighted by atomic mass is 10.2. The molecule has 0 heterocycles. The molecule has 4 N–H and O–H groups in total. The first-order chi connectivity index (χ1) is 9.03. The predicted molar refractivity (Wildman–Crippen MR) is 70.7 cm³/mol. The molecule has 0 unspecified atom stereocenters. The molecule has 104 valence electrons. The van der Waals surface area contributed by atoms with Crippen molar-refractivity contribution < 1.29 is 19.1 Å². The van der Waals surface area contributed by atoms with E-state index >= 15 is 0 Å². The number of methoxy groups -OCH3 is 3. The van der Waals surface area contributed by atoms with Gasteiger partial charge in [-0.05, 0) is 0 Å². The largest absolute Gasteiger partial charge is 0.722 e. The molecule has 0 atom stereocenters. The normalized spacial score (nSPS) is 10.3. The third-order valence-corrected chi connectivity index (χ3v) is 2.27. The molecule has 0 saturated carbocycles. The lowest BCUT2D eigenvalue weighted by molar-refractivity contribution is -0.463. The Kier molecular flexibility index (Phi) is 4.81. The van der Waals surface area contributed by atoms with Crippen molar-refractivity contribution in [1.29, 1.82) is 0 Å². The minimum Gasteiger partial charge on any atom is -0.722 e. The van der Waals surface area contributed by atoms with E-state index in [1.165, 1.54) is 27.5 Å². The second-order valence-corrected chi connectivity index (χ2v) is 3.39. The van der Waals surface area contributed by atoms with E-state index in [9.17, 15) is 5.21 Å². The third-order valence-electron chi connectivity index (χ3n) is 2.27. The summed E-state index contributed by atoms with van der Waals surface area (Å²) in [5.41, 5.74) is 10.7. The van der Waals surface area contributed by atoms with E-state index in [1.807, 2.05) is 0 Å². The summed E-state index contributed by atoms with van der Waals surface area (Å²) in [7, 11) is 4.47. The van der Waals surface area contributed by atoms with Gasteiger partial charge >= 0.3 is 5.96 Å². The number of nitrogens with zero attached hydrogens (tertiary/aromatic N) is 2. The van der Waals surface area contributed by atoms with Crippen molar-refractivity contribution >= 4 is 12.2 Å². The smallest absolute Gasteiger partial charge is 0.366 e. The van der Waals surface area contributed by atoms with Crippen LogP contribution >= 0.6 is 0 Å². The van der Waals surface area contributed by atoms with Crippen LogP contribution in [0.25, 0.3) is 0 Å². The van der Waals surface area contributed by atoms with E-state index in [0.717, 1.165) is 0 Å². The highest BCUT2D eigenvalue weighted by Crippen LogP contribution is 2.32. The zero-order valence-corrected chi connectivity index (χ0v) is 10.9. The molecular weight excluding hydrogens is 252 g/mol. The monoisotopic (exact) mass is 268 g/mol. The van der Waals surface area contributed by atoms with Crippen molar-refractivity contribution in [3.05, 3.63) is 22.9 Å². The zero-order chi connectivity index (χ0) is 14.4. The maximum Gasteiger partial charge on any atom is 0.366 e. The van der Waals surface area contributed by atoms with E-state index in [1.54, 1.807) is 12.1 Å². The van der Waals surface area contributed by atoms with Crippen LogP contribution in [-0.2, 0) is 0 Å². The Labute approximate surface area is 110 Å². The van der Waals surface area contributed by atoms with E-state index in [0.29, 0.717) is 22.8 Å². The van der Waals surface area contributed by atoms with Gasteiger partial charge in [0.1, 0.15) is 17.2 Å².